The Kier molecular flexibility index (Phi) is 6.15. The number of ether oxygens (including phenoxy) is 1. The maximum atomic E-state index is 5.23. The number of rotatable bonds is 8. The summed E-state index contributed by atoms with van der Waals surface area (Å²) in [4.78, 5) is 4.37. The smallest absolute Gasteiger partial charge is 0.228 e. The van der Waals surface area contributed by atoms with Gasteiger partial charge in [-0.15, -0.1) is 0 Å². The molecule has 0 aliphatic rings. The van der Waals surface area contributed by atoms with Crippen LogP contribution in [0.4, 0.5) is 0 Å². The van der Waals surface area contributed by atoms with Gasteiger partial charge in [0.2, 0.25) is 5.89 Å². The summed E-state index contributed by atoms with van der Waals surface area (Å²) in [6.45, 7) is 7.20. The Bertz CT molecular complexity index is 314. The minimum atomic E-state index is 0.121. The summed E-state index contributed by atoms with van der Waals surface area (Å²) in [6.07, 6.45) is 2.66. The molecule has 1 aromatic heterocycles. The lowest BCUT2D eigenvalue weighted by Gasteiger charge is -2.12. The van der Waals surface area contributed by atoms with Gasteiger partial charge in [-0.1, -0.05) is 19.0 Å². The van der Waals surface area contributed by atoms with Gasteiger partial charge in [0, 0.05) is 26.0 Å². The van der Waals surface area contributed by atoms with Crippen LogP contribution < -0.4 is 5.32 Å². The molecule has 2 atom stereocenters. The van der Waals surface area contributed by atoms with Gasteiger partial charge in [-0.2, -0.15) is 4.98 Å². The van der Waals surface area contributed by atoms with Crippen LogP contribution in [-0.4, -0.2) is 35.9 Å². The standard InChI is InChI=1S/C12H23N3O2/c1-5-10(13-6-2)8-12-14-11(15-17-12)7-9(3)16-4/h9-10,13H,5-8H2,1-4H3. The van der Waals surface area contributed by atoms with Crippen LogP contribution in [0, 0.1) is 0 Å². The lowest BCUT2D eigenvalue weighted by atomic mass is 10.1. The van der Waals surface area contributed by atoms with Crippen molar-refractivity contribution in [2.75, 3.05) is 13.7 Å². The first-order chi connectivity index (χ1) is 8.19. The number of aromatic nitrogens is 2. The lowest BCUT2D eigenvalue weighted by molar-refractivity contribution is 0.116. The minimum absolute atomic E-state index is 0.121. The molecule has 0 fully saturated rings. The molecule has 98 valence electrons. The Labute approximate surface area is 103 Å². The predicted octanol–water partition coefficient (Wildman–Crippen LogP) is 1.58. The highest BCUT2D eigenvalue weighted by Crippen LogP contribution is 2.06. The highest BCUT2D eigenvalue weighted by atomic mass is 16.5. The van der Waals surface area contributed by atoms with Crippen molar-refractivity contribution in [2.24, 2.45) is 0 Å². The van der Waals surface area contributed by atoms with E-state index in [4.69, 9.17) is 9.26 Å². The van der Waals surface area contributed by atoms with E-state index in [-0.39, 0.29) is 6.10 Å². The summed E-state index contributed by atoms with van der Waals surface area (Å²) in [7, 11) is 1.68. The molecule has 1 rings (SSSR count). The second kappa shape index (κ2) is 7.40. The highest BCUT2D eigenvalue weighted by molar-refractivity contribution is 4.90. The summed E-state index contributed by atoms with van der Waals surface area (Å²) in [5.41, 5.74) is 0. The van der Waals surface area contributed by atoms with E-state index in [1.807, 2.05) is 6.92 Å². The van der Waals surface area contributed by atoms with Crippen LogP contribution in [0.25, 0.3) is 0 Å². The fourth-order valence-corrected chi connectivity index (χ4v) is 1.66. The number of nitrogens with zero attached hydrogens (tertiary/aromatic N) is 2. The molecule has 5 heteroatoms. The summed E-state index contributed by atoms with van der Waals surface area (Å²) in [6, 6.07) is 0.410. The third-order valence-electron chi connectivity index (χ3n) is 2.79. The van der Waals surface area contributed by atoms with Gasteiger partial charge < -0.3 is 14.6 Å². The second-order valence-electron chi connectivity index (χ2n) is 4.22. The van der Waals surface area contributed by atoms with Crippen molar-refractivity contribution in [2.45, 2.75) is 52.2 Å². The number of hydrogen-bond acceptors (Lipinski definition) is 5. The molecule has 0 spiro atoms. The Balaban J connectivity index is 2.49. The molecule has 5 nitrogen and oxygen atoms in total. The summed E-state index contributed by atoms with van der Waals surface area (Å²) >= 11 is 0. The van der Waals surface area contributed by atoms with Gasteiger partial charge in [0.25, 0.3) is 0 Å². The SMILES string of the molecule is CCNC(CC)Cc1nc(CC(C)OC)no1. The molecule has 17 heavy (non-hydrogen) atoms. The van der Waals surface area contributed by atoms with E-state index in [1.165, 1.54) is 0 Å². The van der Waals surface area contributed by atoms with Crippen molar-refractivity contribution in [1.29, 1.82) is 0 Å². The van der Waals surface area contributed by atoms with Crippen LogP contribution in [0.5, 0.6) is 0 Å². The third-order valence-corrected chi connectivity index (χ3v) is 2.79. The van der Waals surface area contributed by atoms with Gasteiger partial charge >= 0.3 is 0 Å². The minimum Gasteiger partial charge on any atom is -0.381 e. The molecule has 0 bridgehead atoms. The molecule has 1 heterocycles. The van der Waals surface area contributed by atoms with Crippen LogP contribution >= 0.6 is 0 Å². The van der Waals surface area contributed by atoms with Gasteiger partial charge in [0.15, 0.2) is 5.82 Å². The molecule has 1 aromatic rings. The third kappa shape index (κ3) is 4.83. The van der Waals surface area contributed by atoms with E-state index in [9.17, 15) is 0 Å². The molecule has 0 radical (unpaired) electrons. The topological polar surface area (TPSA) is 60.2 Å². The molecular formula is C12H23N3O2. The average molecular weight is 241 g/mol. The summed E-state index contributed by atoms with van der Waals surface area (Å²) in [5.74, 6) is 1.43. The van der Waals surface area contributed by atoms with Crippen LogP contribution in [0.1, 0.15) is 38.9 Å². The number of hydrogen-bond donors (Lipinski definition) is 1. The Morgan fingerprint density at radius 1 is 1.35 bits per heavy atom. The Morgan fingerprint density at radius 3 is 2.71 bits per heavy atom. The van der Waals surface area contributed by atoms with Gasteiger partial charge in [-0.05, 0) is 19.9 Å². The molecule has 0 saturated heterocycles. The monoisotopic (exact) mass is 241 g/mol. The average Bonchev–Trinajstić information content (AvgIpc) is 2.75. The van der Waals surface area contributed by atoms with Gasteiger partial charge in [0.1, 0.15) is 0 Å². The van der Waals surface area contributed by atoms with Crippen molar-refractivity contribution in [3.63, 3.8) is 0 Å². The summed E-state index contributed by atoms with van der Waals surface area (Å²) in [5, 5.41) is 7.35. The van der Waals surface area contributed by atoms with Crippen molar-refractivity contribution in [1.82, 2.24) is 15.5 Å². The second-order valence-corrected chi connectivity index (χ2v) is 4.22. The van der Waals surface area contributed by atoms with Crippen LogP contribution in [0.2, 0.25) is 0 Å². The van der Waals surface area contributed by atoms with Gasteiger partial charge in [-0.25, -0.2) is 0 Å². The quantitative estimate of drug-likeness (QED) is 0.748. The fourth-order valence-electron chi connectivity index (χ4n) is 1.66. The zero-order valence-electron chi connectivity index (χ0n) is 11.2. The number of nitrogens with one attached hydrogen (secondary N) is 1. The molecule has 0 saturated carbocycles. The van der Waals surface area contributed by atoms with Crippen molar-refractivity contribution >= 4 is 0 Å². The lowest BCUT2D eigenvalue weighted by Crippen LogP contribution is -2.30. The van der Waals surface area contributed by atoms with Gasteiger partial charge in [0.05, 0.1) is 6.10 Å². The van der Waals surface area contributed by atoms with Crippen molar-refractivity contribution in [3.8, 4) is 0 Å². The molecule has 0 aliphatic heterocycles. The van der Waals surface area contributed by atoms with E-state index < -0.39 is 0 Å². The maximum absolute atomic E-state index is 5.23. The highest BCUT2D eigenvalue weighted by Gasteiger charge is 2.13. The molecular weight excluding hydrogens is 218 g/mol. The Morgan fingerprint density at radius 2 is 2.12 bits per heavy atom. The van der Waals surface area contributed by atoms with Crippen LogP contribution in [-0.2, 0) is 17.6 Å². The van der Waals surface area contributed by atoms with Crippen LogP contribution in [0.3, 0.4) is 0 Å². The van der Waals surface area contributed by atoms with Crippen LogP contribution in [0.15, 0.2) is 4.52 Å². The van der Waals surface area contributed by atoms with E-state index in [0.717, 1.165) is 25.2 Å². The number of likely N-dealkylation sites (N-methyl/N-ethyl adjacent to an activating group) is 1. The van der Waals surface area contributed by atoms with E-state index in [0.29, 0.717) is 18.4 Å². The first-order valence-corrected chi connectivity index (χ1v) is 6.27. The molecule has 0 amide bonds. The normalized spacial score (nSPS) is 14.8. The van der Waals surface area contributed by atoms with E-state index in [2.05, 4.69) is 29.3 Å². The largest absolute Gasteiger partial charge is 0.381 e. The first kappa shape index (κ1) is 14.1. The fraction of sp³-hybridized carbons (Fsp3) is 0.833. The Hall–Kier alpha value is -0.940. The molecule has 2 unspecified atom stereocenters. The van der Waals surface area contributed by atoms with Gasteiger partial charge in [-0.3, -0.25) is 0 Å². The molecule has 1 N–H and O–H groups in total. The zero-order chi connectivity index (χ0) is 12.7. The van der Waals surface area contributed by atoms with Crippen molar-refractivity contribution < 1.29 is 9.26 Å². The van der Waals surface area contributed by atoms with E-state index in [1.54, 1.807) is 7.11 Å². The van der Waals surface area contributed by atoms with Crippen molar-refractivity contribution in [3.05, 3.63) is 11.7 Å². The maximum Gasteiger partial charge on any atom is 0.228 e. The molecule has 0 aliphatic carbocycles. The first-order valence-electron chi connectivity index (χ1n) is 6.27. The summed E-state index contributed by atoms with van der Waals surface area (Å²) < 4.78 is 10.4. The van der Waals surface area contributed by atoms with E-state index >= 15 is 0 Å². The predicted molar refractivity (Wildman–Crippen MR) is 65.9 cm³/mol. The molecule has 0 aromatic carbocycles. The zero-order valence-corrected chi connectivity index (χ0v) is 11.2. The number of methoxy groups -OCH3 is 1.